The smallest absolute Gasteiger partial charge is 0.326 e. The lowest BCUT2D eigenvalue weighted by Gasteiger charge is -2.19. The molecule has 2 aromatic rings. The molecule has 0 bridgehead atoms. The second-order valence-electron chi connectivity index (χ2n) is 6.27. The Morgan fingerprint density at radius 3 is 2.72 bits per heavy atom. The van der Waals surface area contributed by atoms with Crippen molar-refractivity contribution in [3.05, 3.63) is 35.5 Å². The van der Waals surface area contributed by atoms with E-state index in [0.29, 0.717) is 12.0 Å². The largest absolute Gasteiger partial charge is 0.495 e. The lowest BCUT2D eigenvalue weighted by atomic mass is 10.0. The molecule has 0 fully saturated rings. The van der Waals surface area contributed by atoms with Crippen LogP contribution in [-0.2, 0) is 25.5 Å². The number of hydrogen-bond donors (Lipinski definition) is 3. The average molecular weight is 402 g/mol. The van der Waals surface area contributed by atoms with Crippen LogP contribution in [-0.4, -0.2) is 65.1 Å². The second-order valence-corrected chi connectivity index (χ2v) is 6.27. The third kappa shape index (κ3) is 5.50. The summed E-state index contributed by atoms with van der Waals surface area (Å²) in [4.78, 5) is 41.1. The van der Waals surface area contributed by atoms with Gasteiger partial charge < -0.3 is 30.4 Å². The van der Waals surface area contributed by atoms with E-state index in [0.717, 1.165) is 16.5 Å². The topological polar surface area (TPSA) is 154 Å². The molecule has 2 unspecified atom stereocenters. The van der Waals surface area contributed by atoms with Crippen LogP contribution in [0.5, 0.6) is 5.75 Å². The summed E-state index contributed by atoms with van der Waals surface area (Å²) in [6, 6.07) is 4.24. The first-order chi connectivity index (χ1) is 13.9. The number of aliphatic carboxylic acids is 1. The van der Waals surface area contributed by atoms with Gasteiger partial charge in [-0.2, -0.15) is 4.79 Å². The highest BCUT2D eigenvalue weighted by atomic mass is 16.5. The number of aromatic amines is 1. The van der Waals surface area contributed by atoms with Gasteiger partial charge in [-0.3, -0.25) is 9.59 Å². The zero-order valence-electron chi connectivity index (χ0n) is 16.0. The number of carbonyl (C=O) groups excluding carboxylic acids is 2. The Morgan fingerprint density at radius 1 is 1.34 bits per heavy atom. The maximum absolute atomic E-state index is 12.6. The predicted octanol–water partition coefficient (Wildman–Crippen LogP) is 0.953. The minimum Gasteiger partial charge on any atom is -0.495 e. The van der Waals surface area contributed by atoms with Crippen molar-refractivity contribution in [3.63, 3.8) is 0 Å². The molecule has 1 heterocycles. The van der Waals surface area contributed by atoms with Gasteiger partial charge >= 0.3 is 12.2 Å². The first-order valence-corrected chi connectivity index (χ1v) is 8.80. The third-order valence-electron chi connectivity index (χ3n) is 4.46. The molecule has 2 atom stereocenters. The molecule has 0 saturated heterocycles. The van der Waals surface area contributed by atoms with Gasteiger partial charge in [-0.25, -0.2) is 4.79 Å². The van der Waals surface area contributed by atoms with E-state index in [9.17, 15) is 19.5 Å². The summed E-state index contributed by atoms with van der Waals surface area (Å²) in [5.74, 6) is -1.78. The van der Waals surface area contributed by atoms with Gasteiger partial charge in [0.1, 0.15) is 17.9 Å². The summed E-state index contributed by atoms with van der Waals surface area (Å²) in [5.41, 5.74) is 9.92. The van der Waals surface area contributed by atoms with Crippen LogP contribution < -0.4 is 10.1 Å². The number of para-hydroxylation sites is 1. The van der Waals surface area contributed by atoms with Crippen LogP contribution in [0.25, 0.3) is 16.4 Å². The van der Waals surface area contributed by atoms with Crippen LogP contribution in [0.15, 0.2) is 24.4 Å². The van der Waals surface area contributed by atoms with Crippen molar-refractivity contribution < 1.29 is 33.8 Å². The predicted molar refractivity (Wildman–Crippen MR) is 103 cm³/mol. The van der Waals surface area contributed by atoms with Crippen LogP contribution in [0.3, 0.4) is 0 Å². The Balaban J connectivity index is 2.10. The summed E-state index contributed by atoms with van der Waals surface area (Å²) in [7, 11) is 2.92. The molecule has 2 rings (SSSR count). The van der Waals surface area contributed by atoms with Crippen LogP contribution in [0.4, 0.5) is 0 Å². The Bertz CT molecular complexity index is 947. The Morgan fingerprint density at radius 2 is 2.10 bits per heavy atom. The number of ether oxygens (including phenoxy) is 2. The van der Waals surface area contributed by atoms with Gasteiger partial charge in [-0.15, -0.1) is 0 Å². The quantitative estimate of drug-likeness (QED) is 0.289. The summed E-state index contributed by atoms with van der Waals surface area (Å²) >= 11 is 0. The van der Waals surface area contributed by atoms with E-state index in [4.69, 9.17) is 15.0 Å². The molecule has 0 radical (unpaired) electrons. The van der Waals surface area contributed by atoms with E-state index in [1.54, 1.807) is 13.3 Å². The number of rotatable bonds is 11. The van der Waals surface area contributed by atoms with Gasteiger partial charge in [0, 0.05) is 31.5 Å². The SMILES string of the molecule is COc1cccc2c(CC(OC)C(=O)NC(CCC(=O)C=[N+]=[N-])C(=O)O)c[nH]c12. The van der Waals surface area contributed by atoms with Gasteiger partial charge in [-0.1, -0.05) is 12.1 Å². The van der Waals surface area contributed by atoms with Crippen LogP contribution in [0.1, 0.15) is 18.4 Å². The number of methoxy groups -OCH3 is 2. The number of nitrogens with one attached hydrogen (secondary N) is 2. The monoisotopic (exact) mass is 402 g/mol. The molecular formula is C19H22N4O6. The summed E-state index contributed by atoms with van der Waals surface area (Å²) < 4.78 is 10.6. The maximum atomic E-state index is 12.6. The highest BCUT2D eigenvalue weighted by Gasteiger charge is 2.27. The van der Waals surface area contributed by atoms with Gasteiger partial charge in [0.05, 0.1) is 12.6 Å². The third-order valence-corrected chi connectivity index (χ3v) is 4.46. The zero-order chi connectivity index (χ0) is 21.4. The molecule has 0 saturated carbocycles. The normalized spacial score (nSPS) is 12.6. The van der Waals surface area contributed by atoms with Crippen molar-refractivity contribution in [2.75, 3.05) is 14.2 Å². The van der Waals surface area contributed by atoms with E-state index in [1.165, 1.54) is 7.11 Å². The minimum absolute atomic E-state index is 0.146. The number of amides is 1. The van der Waals surface area contributed by atoms with Crippen LogP contribution in [0, 0.1) is 0 Å². The van der Waals surface area contributed by atoms with E-state index in [-0.39, 0.29) is 19.3 Å². The fourth-order valence-corrected chi connectivity index (χ4v) is 2.94. The number of H-pyrrole nitrogens is 1. The van der Waals surface area contributed by atoms with Crippen molar-refractivity contribution in [1.82, 2.24) is 10.3 Å². The lowest BCUT2D eigenvalue weighted by Crippen LogP contribution is -2.46. The fourth-order valence-electron chi connectivity index (χ4n) is 2.94. The first kappa shape index (κ1) is 21.8. The number of fused-ring (bicyclic) bond motifs is 1. The number of carboxylic acid groups (broad SMARTS) is 1. The number of benzene rings is 1. The second kappa shape index (κ2) is 10.2. The number of nitrogens with zero attached hydrogens (tertiary/aromatic N) is 2. The number of ketones is 1. The van der Waals surface area contributed by atoms with E-state index in [1.807, 2.05) is 18.2 Å². The Hall–Kier alpha value is -3.49. The van der Waals surface area contributed by atoms with Crippen molar-refractivity contribution in [2.24, 2.45) is 0 Å². The molecule has 10 heteroatoms. The number of carboxylic acids is 1. The van der Waals surface area contributed by atoms with Crippen LogP contribution in [0.2, 0.25) is 0 Å². The van der Waals surface area contributed by atoms with Gasteiger partial charge in [0.2, 0.25) is 11.7 Å². The summed E-state index contributed by atoms with van der Waals surface area (Å²) in [6.45, 7) is 0. The van der Waals surface area contributed by atoms with Gasteiger partial charge in [0.25, 0.3) is 0 Å². The number of Topliss-reactive ketones (excluding diaryl/α,β-unsaturated/α-hetero) is 1. The van der Waals surface area contributed by atoms with E-state index in [2.05, 4.69) is 15.1 Å². The van der Waals surface area contributed by atoms with Crippen molar-refractivity contribution in [3.8, 4) is 5.75 Å². The molecular weight excluding hydrogens is 380 g/mol. The highest BCUT2D eigenvalue weighted by Crippen LogP contribution is 2.27. The van der Waals surface area contributed by atoms with Crippen molar-refractivity contribution in [2.45, 2.75) is 31.4 Å². The zero-order valence-corrected chi connectivity index (χ0v) is 16.0. The molecule has 3 N–H and O–H groups in total. The van der Waals surface area contributed by atoms with Crippen molar-refractivity contribution >= 4 is 34.8 Å². The first-order valence-electron chi connectivity index (χ1n) is 8.80. The molecule has 0 aliphatic rings. The number of hydrogen-bond acceptors (Lipinski definition) is 5. The van der Waals surface area contributed by atoms with E-state index >= 15 is 0 Å². The standard InChI is InChI=1S/C19H22N4O6/c1-28-15-5-3-4-13-11(9-21-17(13)15)8-16(29-2)18(25)23-14(19(26)27)7-6-12(24)10-22-20/h3-5,9-10,14,16,21H,6-8H2,1-2H3,(H,23,25)(H,26,27). The lowest BCUT2D eigenvalue weighted by molar-refractivity contribution is -0.144. The molecule has 0 aliphatic carbocycles. The summed E-state index contributed by atoms with van der Waals surface area (Å²) in [5, 5.41) is 12.6. The molecule has 154 valence electrons. The summed E-state index contributed by atoms with van der Waals surface area (Å²) in [6.07, 6.45) is 1.36. The molecule has 0 aliphatic heterocycles. The molecule has 29 heavy (non-hydrogen) atoms. The maximum Gasteiger partial charge on any atom is 0.326 e. The minimum atomic E-state index is -1.28. The molecule has 1 aromatic heterocycles. The van der Waals surface area contributed by atoms with Gasteiger partial charge in [-0.05, 0) is 18.1 Å². The Labute approximate surface area is 166 Å². The number of aromatic nitrogens is 1. The van der Waals surface area contributed by atoms with Crippen molar-refractivity contribution in [1.29, 1.82) is 0 Å². The molecule has 0 spiro atoms. The molecule has 10 nitrogen and oxygen atoms in total. The van der Waals surface area contributed by atoms with Crippen LogP contribution >= 0.6 is 0 Å². The average Bonchev–Trinajstić information content (AvgIpc) is 3.11. The number of carbonyl (C=O) groups is 3. The Kier molecular flexibility index (Phi) is 7.64. The highest BCUT2D eigenvalue weighted by molar-refractivity contribution is 6.25. The fraction of sp³-hybridized carbons (Fsp3) is 0.368. The molecule has 1 amide bonds. The van der Waals surface area contributed by atoms with Gasteiger partial charge in [0.15, 0.2) is 0 Å². The van der Waals surface area contributed by atoms with E-state index < -0.39 is 29.8 Å². The molecule has 1 aromatic carbocycles.